The highest BCUT2D eigenvalue weighted by atomic mass is 15.1. The molecule has 84 valence electrons. The topological polar surface area (TPSA) is 39.9 Å². The molecule has 0 unspecified atom stereocenters. The Morgan fingerprint density at radius 1 is 1.31 bits per heavy atom. The van der Waals surface area contributed by atoms with E-state index in [-0.39, 0.29) is 0 Å². The van der Waals surface area contributed by atoms with Gasteiger partial charge in [-0.25, -0.2) is 4.98 Å². The highest BCUT2D eigenvalue weighted by Crippen LogP contribution is 2.25. The fourth-order valence-electron chi connectivity index (χ4n) is 2.34. The van der Waals surface area contributed by atoms with Crippen LogP contribution in [0.5, 0.6) is 0 Å². The summed E-state index contributed by atoms with van der Waals surface area (Å²) in [7, 11) is 2.12. The van der Waals surface area contributed by atoms with Crippen molar-refractivity contribution in [3.8, 4) is 6.07 Å². The Morgan fingerprint density at radius 2 is 2.06 bits per heavy atom. The quantitative estimate of drug-likeness (QED) is 0.761. The van der Waals surface area contributed by atoms with Crippen molar-refractivity contribution >= 4 is 5.69 Å². The molecule has 3 heteroatoms. The van der Waals surface area contributed by atoms with Crippen molar-refractivity contribution in [2.75, 3.05) is 11.9 Å². The molecular formula is C13H17N3. The Hall–Kier alpha value is -1.56. The minimum atomic E-state index is 0.487. The first-order valence-corrected chi connectivity index (χ1v) is 5.90. The zero-order chi connectivity index (χ0) is 11.4. The summed E-state index contributed by atoms with van der Waals surface area (Å²) in [5, 5.41) is 8.69. The van der Waals surface area contributed by atoms with Gasteiger partial charge in [0.15, 0.2) is 0 Å². The van der Waals surface area contributed by atoms with Crippen LogP contribution < -0.4 is 4.90 Å². The summed E-state index contributed by atoms with van der Waals surface area (Å²) in [6, 6.07) is 6.46. The summed E-state index contributed by atoms with van der Waals surface area (Å²) in [6.07, 6.45) is 8.38. The molecule has 16 heavy (non-hydrogen) atoms. The lowest BCUT2D eigenvalue weighted by molar-refractivity contribution is 0.427. The van der Waals surface area contributed by atoms with Crippen LogP contribution >= 0.6 is 0 Å². The summed E-state index contributed by atoms with van der Waals surface area (Å²) < 4.78 is 0. The van der Waals surface area contributed by atoms with Gasteiger partial charge in [-0.1, -0.05) is 19.3 Å². The van der Waals surface area contributed by atoms with Crippen LogP contribution in [0.25, 0.3) is 0 Å². The number of nitrogens with zero attached hydrogens (tertiary/aromatic N) is 3. The molecule has 1 fully saturated rings. The number of anilines is 1. The smallest absolute Gasteiger partial charge is 0.140 e. The summed E-state index contributed by atoms with van der Waals surface area (Å²) in [5.41, 5.74) is 1.60. The van der Waals surface area contributed by atoms with E-state index in [1.54, 1.807) is 12.3 Å². The van der Waals surface area contributed by atoms with E-state index in [1.807, 2.05) is 12.1 Å². The van der Waals surface area contributed by atoms with Crippen LogP contribution in [0.4, 0.5) is 5.69 Å². The predicted molar refractivity (Wildman–Crippen MR) is 64.2 cm³/mol. The molecule has 0 amide bonds. The van der Waals surface area contributed by atoms with Gasteiger partial charge in [0.2, 0.25) is 0 Å². The van der Waals surface area contributed by atoms with Crippen molar-refractivity contribution in [2.24, 2.45) is 0 Å². The average molecular weight is 215 g/mol. The molecule has 0 atom stereocenters. The third-order valence-corrected chi connectivity index (χ3v) is 3.39. The normalized spacial score (nSPS) is 16.8. The molecule has 3 nitrogen and oxygen atoms in total. The Labute approximate surface area is 96.7 Å². The van der Waals surface area contributed by atoms with E-state index in [2.05, 4.69) is 16.9 Å². The van der Waals surface area contributed by atoms with E-state index >= 15 is 0 Å². The van der Waals surface area contributed by atoms with Gasteiger partial charge >= 0.3 is 0 Å². The first-order chi connectivity index (χ1) is 7.81. The average Bonchev–Trinajstić information content (AvgIpc) is 2.39. The third kappa shape index (κ3) is 2.33. The minimum absolute atomic E-state index is 0.487. The van der Waals surface area contributed by atoms with Gasteiger partial charge in [0, 0.05) is 13.1 Å². The van der Waals surface area contributed by atoms with Gasteiger partial charge in [0.05, 0.1) is 11.9 Å². The number of nitriles is 1. The van der Waals surface area contributed by atoms with E-state index < -0.39 is 0 Å². The van der Waals surface area contributed by atoms with Crippen LogP contribution in [-0.4, -0.2) is 18.1 Å². The Morgan fingerprint density at radius 3 is 2.62 bits per heavy atom. The van der Waals surface area contributed by atoms with Crippen LogP contribution in [0.2, 0.25) is 0 Å². The van der Waals surface area contributed by atoms with Gasteiger partial charge in [-0.3, -0.25) is 0 Å². The monoisotopic (exact) mass is 215 g/mol. The van der Waals surface area contributed by atoms with E-state index in [0.717, 1.165) is 5.69 Å². The molecule has 1 aromatic rings. The molecular weight excluding hydrogens is 198 g/mol. The lowest BCUT2D eigenvalue weighted by atomic mass is 9.94. The second-order valence-electron chi connectivity index (χ2n) is 4.42. The van der Waals surface area contributed by atoms with Crippen molar-refractivity contribution in [1.82, 2.24) is 4.98 Å². The SMILES string of the molecule is CN(c1ccc(C#N)nc1)C1CCCCC1. The lowest BCUT2D eigenvalue weighted by Crippen LogP contribution is -2.33. The van der Waals surface area contributed by atoms with Gasteiger partial charge in [0.1, 0.15) is 11.8 Å². The van der Waals surface area contributed by atoms with Crippen molar-refractivity contribution < 1.29 is 0 Å². The lowest BCUT2D eigenvalue weighted by Gasteiger charge is -2.32. The fourth-order valence-corrected chi connectivity index (χ4v) is 2.34. The highest BCUT2D eigenvalue weighted by molar-refractivity contribution is 5.46. The van der Waals surface area contributed by atoms with Gasteiger partial charge in [0.25, 0.3) is 0 Å². The number of rotatable bonds is 2. The van der Waals surface area contributed by atoms with Gasteiger partial charge in [-0.15, -0.1) is 0 Å². The second-order valence-corrected chi connectivity index (χ2v) is 4.42. The second kappa shape index (κ2) is 4.98. The van der Waals surface area contributed by atoms with Gasteiger partial charge in [-0.2, -0.15) is 5.26 Å². The zero-order valence-electron chi connectivity index (χ0n) is 9.69. The summed E-state index contributed by atoms with van der Waals surface area (Å²) >= 11 is 0. The summed E-state index contributed by atoms with van der Waals surface area (Å²) in [5.74, 6) is 0. The molecule has 0 bridgehead atoms. The number of hydrogen-bond acceptors (Lipinski definition) is 3. The van der Waals surface area contributed by atoms with Crippen molar-refractivity contribution in [1.29, 1.82) is 5.26 Å². The van der Waals surface area contributed by atoms with Crippen LogP contribution in [0, 0.1) is 11.3 Å². The number of aromatic nitrogens is 1. The van der Waals surface area contributed by atoms with E-state index in [1.165, 1.54) is 32.1 Å². The molecule has 1 aliphatic rings. The molecule has 0 spiro atoms. The Bertz CT molecular complexity index is 371. The largest absolute Gasteiger partial charge is 0.370 e. The molecule has 1 heterocycles. The molecule has 0 N–H and O–H groups in total. The van der Waals surface area contributed by atoms with E-state index in [9.17, 15) is 0 Å². The molecule has 0 aliphatic heterocycles. The summed E-state index contributed by atoms with van der Waals surface area (Å²) in [4.78, 5) is 6.41. The maximum atomic E-state index is 8.69. The summed E-state index contributed by atoms with van der Waals surface area (Å²) in [6.45, 7) is 0. The van der Waals surface area contributed by atoms with Gasteiger partial charge in [-0.05, 0) is 25.0 Å². The standard InChI is InChI=1S/C13H17N3/c1-16(12-5-3-2-4-6-12)13-8-7-11(9-14)15-10-13/h7-8,10,12H,2-6H2,1H3. The minimum Gasteiger partial charge on any atom is -0.370 e. The van der Waals surface area contributed by atoms with Crippen LogP contribution in [-0.2, 0) is 0 Å². The molecule has 1 saturated carbocycles. The maximum absolute atomic E-state index is 8.69. The van der Waals surface area contributed by atoms with Crippen molar-refractivity contribution in [3.63, 3.8) is 0 Å². The van der Waals surface area contributed by atoms with Crippen molar-refractivity contribution in [2.45, 2.75) is 38.1 Å². The number of hydrogen-bond donors (Lipinski definition) is 0. The van der Waals surface area contributed by atoms with E-state index in [4.69, 9.17) is 5.26 Å². The molecule has 0 aromatic carbocycles. The Kier molecular flexibility index (Phi) is 3.40. The molecule has 0 saturated heterocycles. The van der Waals surface area contributed by atoms with Crippen LogP contribution in [0.1, 0.15) is 37.8 Å². The van der Waals surface area contributed by atoms with E-state index in [0.29, 0.717) is 11.7 Å². The molecule has 1 aliphatic carbocycles. The molecule has 2 rings (SSSR count). The zero-order valence-corrected chi connectivity index (χ0v) is 9.69. The number of pyridine rings is 1. The van der Waals surface area contributed by atoms with Crippen LogP contribution in [0.15, 0.2) is 18.3 Å². The molecule has 0 radical (unpaired) electrons. The first kappa shape index (κ1) is 10.9. The molecule has 1 aromatic heterocycles. The third-order valence-electron chi connectivity index (χ3n) is 3.39. The van der Waals surface area contributed by atoms with Crippen molar-refractivity contribution in [3.05, 3.63) is 24.0 Å². The first-order valence-electron chi connectivity index (χ1n) is 5.90. The van der Waals surface area contributed by atoms with Gasteiger partial charge < -0.3 is 4.90 Å². The van der Waals surface area contributed by atoms with Crippen LogP contribution in [0.3, 0.4) is 0 Å². The maximum Gasteiger partial charge on any atom is 0.140 e. The highest BCUT2D eigenvalue weighted by Gasteiger charge is 2.18. The Balaban J connectivity index is 2.07. The predicted octanol–water partition coefficient (Wildman–Crippen LogP) is 2.72. The fraction of sp³-hybridized carbons (Fsp3) is 0.538.